The molecule has 0 aromatic heterocycles. The van der Waals surface area contributed by atoms with Crippen molar-refractivity contribution in [3.8, 4) is 70.0 Å². The summed E-state index contributed by atoms with van der Waals surface area (Å²) in [6.07, 6.45) is 14.5. The first-order chi connectivity index (χ1) is 17.6. The Morgan fingerprint density at radius 2 is 1.33 bits per heavy atom. The molecule has 0 N–H and O–H groups in total. The SMILES string of the molecule is C#CC#CC#COc1ccc(-c2ccc(-c3ccc(OCCCCCCCC)cc3)cc2)c(F)c1F. The molecule has 0 aliphatic carbocycles. The van der Waals surface area contributed by atoms with Gasteiger partial charge in [-0.15, -0.1) is 6.42 Å². The summed E-state index contributed by atoms with van der Waals surface area (Å²) in [7, 11) is 0. The Morgan fingerprint density at radius 1 is 0.694 bits per heavy atom. The van der Waals surface area contributed by atoms with Crippen molar-refractivity contribution in [1.82, 2.24) is 0 Å². The standard InChI is InChI=1S/C32H28F2O2/c1-3-5-7-9-10-12-23-35-28-19-17-26(18-20-28)25-13-15-27(16-14-25)29-21-22-30(32(34)31(29)33)36-24-11-8-6-4-2/h2,13-22H,3,5,7,9-10,12,23H2,1H3. The van der Waals surface area contributed by atoms with Crippen LogP contribution >= 0.6 is 0 Å². The molecule has 0 aliphatic heterocycles. The molecule has 0 fully saturated rings. The van der Waals surface area contributed by atoms with Gasteiger partial charge in [0.05, 0.1) is 6.61 Å². The van der Waals surface area contributed by atoms with Gasteiger partial charge in [-0.3, -0.25) is 0 Å². The van der Waals surface area contributed by atoms with Gasteiger partial charge >= 0.3 is 0 Å². The maximum atomic E-state index is 14.7. The van der Waals surface area contributed by atoms with Crippen LogP contribution in [0.4, 0.5) is 8.78 Å². The summed E-state index contributed by atoms with van der Waals surface area (Å²) in [5.41, 5.74) is 2.65. The van der Waals surface area contributed by atoms with Crippen molar-refractivity contribution in [2.45, 2.75) is 45.4 Å². The van der Waals surface area contributed by atoms with Gasteiger partial charge in [-0.1, -0.05) is 75.4 Å². The fraction of sp³-hybridized carbons (Fsp3) is 0.250. The second kappa shape index (κ2) is 14.3. The summed E-state index contributed by atoms with van der Waals surface area (Å²) in [6, 6.07) is 17.9. The second-order valence-electron chi connectivity index (χ2n) is 8.18. The van der Waals surface area contributed by atoms with Gasteiger partial charge in [0.25, 0.3) is 0 Å². The molecule has 0 bridgehead atoms. The predicted molar refractivity (Wildman–Crippen MR) is 141 cm³/mol. The molecule has 0 saturated heterocycles. The van der Waals surface area contributed by atoms with E-state index in [9.17, 15) is 8.78 Å². The number of terminal acetylenes is 1. The maximum absolute atomic E-state index is 14.7. The highest BCUT2D eigenvalue weighted by Gasteiger charge is 2.16. The minimum Gasteiger partial charge on any atom is -0.494 e. The highest BCUT2D eigenvalue weighted by Crippen LogP contribution is 2.31. The summed E-state index contributed by atoms with van der Waals surface area (Å²) < 4.78 is 39.9. The molecule has 0 aliphatic rings. The van der Waals surface area contributed by atoms with E-state index in [1.54, 1.807) is 12.1 Å². The van der Waals surface area contributed by atoms with E-state index in [0.29, 0.717) is 5.56 Å². The Bertz CT molecular complexity index is 1300. The van der Waals surface area contributed by atoms with Crippen LogP contribution < -0.4 is 9.47 Å². The lowest BCUT2D eigenvalue weighted by molar-refractivity contribution is 0.304. The van der Waals surface area contributed by atoms with E-state index in [1.165, 1.54) is 44.2 Å². The molecule has 0 radical (unpaired) electrons. The van der Waals surface area contributed by atoms with Crippen LogP contribution in [0.2, 0.25) is 0 Å². The molecule has 3 rings (SSSR count). The van der Waals surface area contributed by atoms with E-state index in [1.807, 2.05) is 36.4 Å². The molecule has 182 valence electrons. The van der Waals surface area contributed by atoms with E-state index >= 15 is 0 Å². The molecule has 3 aromatic rings. The summed E-state index contributed by atoms with van der Waals surface area (Å²) in [5.74, 6) is 7.38. The lowest BCUT2D eigenvalue weighted by Gasteiger charge is -2.09. The zero-order valence-electron chi connectivity index (χ0n) is 20.4. The van der Waals surface area contributed by atoms with Crippen molar-refractivity contribution in [3.63, 3.8) is 0 Å². The molecule has 0 saturated carbocycles. The van der Waals surface area contributed by atoms with Crippen molar-refractivity contribution in [2.75, 3.05) is 6.61 Å². The smallest absolute Gasteiger partial charge is 0.203 e. The van der Waals surface area contributed by atoms with Crippen LogP contribution in [-0.4, -0.2) is 6.61 Å². The van der Waals surface area contributed by atoms with Crippen LogP contribution in [-0.2, 0) is 0 Å². The number of ether oxygens (including phenoxy) is 2. The fourth-order valence-electron chi connectivity index (χ4n) is 3.67. The molecular formula is C32H28F2O2. The minimum absolute atomic E-state index is 0.130. The maximum Gasteiger partial charge on any atom is 0.203 e. The number of benzene rings is 3. The van der Waals surface area contributed by atoms with Crippen molar-refractivity contribution in [2.24, 2.45) is 0 Å². The van der Waals surface area contributed by atoms with Gasteiger partial charge in [0.15, 0.2) is 11.6 Å². The second-order valence-corrected chi connectivity index (χ2v) is 8.18. The van der Waals surface area contributed by atoms with Gasteiger partial charge in [0, 0.05) is 17.4 Å². The van der Waals surface area contributed by atoms with E-state index in [0.717, 1.165) is 29.9 Å². The van der Waals surface area contributed by atoms with Crippen LogP contribution in [0.3, 0.4) is 0 Å². The Labute approximate surface area is 212 Å². The number of unbranched alkanes of at least 4 members (excludes halogenated alkanes) is 5. The monoisotopic (exact) mass is 482 g/mol. The third-order valence-electron chi connectivity index (χ3n) is 5.61. The lowest BCUT2D eigenvalue weighted by Crippen LogP contribution is -1.97. The molecule has 3 aromatic carbocycles. The minimum atomic E-state index is -1.12. The number of rotatable bonds is 11. The zero-order chi connectivity index (χ0) is 25.6. The fourth-order valence-corrected chi connectivity index (χ4v) is 3.67. The highest BCUT2D eigenvalue weighted by molar-refractivity contribution is 5.71. The van der Waals surface area contributed by atoms with Gasteiger partial charge in [0.2, 0.25) is 5.82 Å². The third kappa shape index (κ3) is 7.66. The Kier molecular flexibility index (Phi) is 10.5. The van der Waals surface area contributed by atoms with Crippen LogP contribution in [0.5, 0.6) is 11.5 Å². The van der Waals surface area contributed by atoms with Crippen LogP contribution in [0.25, 0.3) is 22.3 Å². The first kappa shape index (κ1) is 26.4. The molecule has 36 heavy (non-hydrogen) atoms. The molecule has 0 atom stereocenters. The Hall–Kier alpha value is -4.20. The Balaban J connectivity index is 1.60. The number of halogens is 2. The van der Waals surface area contributed by atoms with Gasteiger partial charge in [-0.2, -0.15) is 4.39 Å². The van der Waals surface area contributed by atoms with Gasteiger partial charge in [-0.25, -0.2) is 4.39 Å². The molecule has 0 spiro atoms. The average Bonchev–Trinajstić information content (AvgIpc) is 2.91. The van der Waals surface area contributed by atoms with Crippen LogP contribution in [0, 0.1) is 47.8 Å². The topological polar surface area (TPSA) is 18.5 Å². The normalized spacial score (nSPS) is 9.83. The van der Waals surface area contributed by atoms with Crippen LogP contribution in [0.1, 0.15) is 45.4 Å². The Morgan fingerprint density at radius 3 is 2.03 bits per heavy atom. The highest BCUT2D eigenvalue weighted by atomic mass is 19.2. The first-order valence-electron chi connectivity index (χ1n) is 12.1. The molecular weight excluding hydrogens is 454 g/mol. The average molecular weight is 483 g/mol. The van der Waals surface area contributed by atoms with E-state index in [-0.39, 0.29) is 11.3 Å². The summed E-state index contributed by atoms with van der Waals surface area (Å²) in [5, 5.41) is 0. The zero-order valence-corrected chi connectivity index (χ0v) is 20.4. The van der Waals surface area contributed by atoms with Crippen molar-refractivity contribution in [3.05, 3.63) is 72.3 Å². The third-order valence-corrected chi connectivity index (χ3v) is 5.61. The first-order valence-corrected chi connectivity index (χ1v) is 12.1. The summed E-state index contributed by atoms with van der Waals surface area (Å²) in [4.78, 5) is 0. The molecule has 2 nitrogen and oxygen atoms in total. The lowest BCUT2D eigenvalue weighted by atomic mass is 9.99. The molecule has 0 heterocycles. The van der Waals surface area contributed by atoms with Gasteiger partial charge < -0.3 is 9.47 Å². The number of hydrogen-bond donors (Lipinski definition) is 0. The van der Waals surface area contributed by atoms with E-state index in [2.05, 4.69) is 36.7 Å². The largest absolute Gasteiger partial charge is 0.494 e. The van der Waals surface area contributed by atoms with Crippen molar-refractivity contribution in [1.29, 1.82) is 0 Å². The number of hydrogen-bond acceptors (Lipinski definition) is 2. The molecule has 0 unspecified atom stereocenters. The van der Waals surface area contributed by atoms with E-state index in [4.69, 9.17) is 15.9 Å². The summed E-state index contributed by atoms with van der Waals surface area (Å²) in [6.45, 7) is 2.94. The van der Waals surface area contributed by atoms with E-state index < -0.39 is 11.6 Å². The molecule has 0 amide bonds. The molecule has 4 heteroatoms. The quantitative estimate of drug-likeness (QED) is 0.204. The summed E-state index contributed by atoms with van der Waals surface area (Å²) >= 11 is 0. The van der Waals surface area contributed by atoms with Gasteiger partial charge in [-0.05, 0) is 59.2 Å². The predicted octanol–water partition coefficient (Wildman–Crippen LogP) is 8.01. The van der Waals surface area contributed by atoms with Crippen LogP contribution in [0.15, 0.2) is 60.7 Å². The van der Waals surface area contributed by atoms with Crippen molar-refractivity contribution < 1.29 is 18.3 Å². The van der Waals surface area contributed by atoms with Crippen molar-refractivity contribution >= 4 is 0 Å². The van der Waals surface area contributed by atoms with Gasteiger partial charge in [0.1, 0.15) is 11.9 Å².